The highest BCUT2D eigenvalue weighted by molar-refractivity contribution is 6.07. The predicted octanol–water partition coefficient (Wildman–Crippen LogP) is 5.78. The molecule has 6 nitrogen and oxygen atoms in total. The zero-order chi connectivity index (χ0) is 26.1. The third-order valence-corrected chi connectivity index (χ3v) is 8.36. The van der Waals surface area contributed by atoms with Crippen molar-refractivity contribution in [3.63, 3.8) is 0 Å². The number of nitrogens with zero attached hydrogens (tertiary/aromatic N) is 4. The van der Waals surface area contributed by atoms with Gasteiger partial charge in [-0.2, -0.15) is 5.10 Å². The number of fused-ring (bicyclic) bond motifs is 1. The minimum Gasteiger partial charge on any atom is -0.368 e. The van der Waals surface area contributed by atoms with Gasteiger partial charge in [0, 0.05) is 49.5 Å². The standard InChI is InChI=1S/C30H42N4O2/c1-8-34(23-11-9-22(10-12-23)32(5)6)30-21(4)25(17-27-26(30)18-31-33(27)7)28(35)14-13-24-20(3)15-19(2)16-29(24)36/h15,17-18,22-23H,8-14,16H2,1-7H3. The molecule has 4 rings (SSSR count). The molecule has 2 aromatic rings. The number of allylic oxidation sites excluding steroid dienone is 4. The number of benzene rings is 1. The molecule has 0 N–H and O–H groups in total. The number of hydrogen-bond donors (Lipinski definition) is 0. The lowest BCUT2D eigenvalue weighted by Crippen LogP contribution is -2.42. The maximum Gasteiger partial charge on any atom is 0.163 e. The average Bonchev–Trinajstić information content (AvgIpc) is 3.20. The van der Waals surface area contributed by atoms with Gasteiger partial charge >= 0.3 is 0 Å². The molecule has 0 aliphatic heterocycles. The molecule has 1 saturated carbocycles. The first kappa shape index (κ1) is 26.3. The summed E-state index contributed by atoms with van der Waals surface area (Å²) in [5, 5.41) is 5.67. The summed E-state index contributed by atoms with van der Waals surface area (Å²) in [4.78, 5) is 31.1. The first-order chi connectivity index (χ1) is 17.1. The Balaban J connectivity index is 1.66. The molecule has 1 heterocycles. The highest BCUT2D eigenvalue weighted by Gasteiger charge is 2.30. The lowest BCUT2D eigenvalue weighted by molar-refractivity contribution is -0.115. The van der Waals surface area contributed by atoms with E-state index >= 15 is 0 Å². The van der Waals surface area contributed by atoms with E-state index in [1.54, 1.807) is 0 Å². The molecule has 1 fully saturated rings. The van der Waals surface area contributed by atoms with E-state index in [0.29, 0.717) is 31.3 Å². The smallest absolute Gasteiger partial charge is 0.163 e. The van der Waals surface area contributed by atoms with Crippen molar-refractivity contribution in [3.8, 4) is 0 Å². The number of aryl methyl sites for hydroxylation is 1. The van der Waals surface area contributed by atoms with Crippen LogP contribution in [0.3, 0.4) is 0 Å². The Kier molecular flexibility index (Phi) is 7.84. The fourth-order valence-electron chi connectivity index (χ4n) is 6.32. The zero-order valence-electron chi connectivity index (χ0n) is 23.1. The Bertz CT molecular complexity index is 1230. The largest absolute Gasteiger partial charge is 0.368 e. The van der Waals surface area contributed by atoms with Crippen molar-refractivity contribution in [3.05, 3.63) is 46.2 Å². The summed E-state index contributed by atoms with van der Waals surface area (Å²) in [7, 11) is 6.30. The summed E-state index contributed by atoms with van der Waals surface area (Å²) in [6.07, 6.45) is 10.0. The molecule has 1 aromatic carbocycles. The van der Waals surface area contributed by atoms with Gasteiger partial charge in [0.25, 0.3) is 0 Å². The maximum absolute atomic E-state index is 13.6. The van der Waals surface area contributed by atoms with Crippen molar-refractivity contribution < 1.29 is 9.59 Å². The number of Topliss-reactive ketones (excluding diaryl/α,β-unsaturated/α-hetero) is 2. The molecule has 2 aliphatic carbocycles. The average molecular weight is 491 g/mol. The molecule has 0 unspecified atom stereocenters. The Morgan fingerprint density at radius 3 is 2.39 bits per heavy atom. The lowest BCUT2D eigenvalue weighted by atomic mass is 9.87. The molecule has 6 heteroatoms. The van der Waals surface area contributed by atoms with Gasteiger partial charge in [0.15, 0.2) is 11.6 Å². The van der Waals surface area contributed by atoms with Crippen LogP contribution >= 0.6 is 0 Å². The van der Waals surface area contributed by atoms with Gasteiger partial charge < -0.3 is 9.80 Å². The molecule has 194 valence electrons. The quantitative estimate of drug-likeness (QED) is 0.439. The molecule has 0 atom stereocenters. The van der Waals surface area contributed by atoms with E-state index in [0.717, 1.165) is 63.8 Å². The molecule has 0 bridgehead atoms. The minimum atomic E-state index is 0.101. The van der Waals surface area contributed by atoms with Crippen molar-refractivity contribution in [1.82, 2.24) is 14.7 Å². The van der Waals surface area contributed by atoms with Gasteiger partial charge in [-0.25, -0.2) is 0 Å². The first-order valence-corrected chi connectivity index (χ1v) is 13.4. The number of ketones is 2. The number of carbonyl (C=O) groups excluding carboxylic acids is 2. The van der Waals surface area contributed by atoms with Crippen LogP contribution in [0, 0.1) is 6.92 Å². The molecule has 0 saturated heterocycles. The van der Waals surface area contributed by atoms with Crippen molar-refractivity contribution in [1.29, 1.82) is 0 Å². The van der Waals surface area contributed by atoms with Crippen molar-refractivity contribution >= 4 is 28.2 Å². The first-order valence-electron chi connectivity index (χ1n) is 13.4. The van der Waals surface area contributed by atoms with Crippen LogP contribution in [0.25, 0.3) is 10.9 Å². The summed E-state index contributed by atoms with van der Waals surface area (Å²) in [6, 6.07) is 3.11. The van der Waals surface area contributed by atoms with E-state index in [-0.39, 0.29) is 11.6 Å². The van der Waals surface area contributed by atoms with Crippen LogP contribution in [0.5, 0.6) is 0 Å². The van der Waals surface area contributed by atoms with Crippen LogP contribution in [0.2, 0.25) is 0 Å². The molecule has 1 aromatic heterocycles. The minimum absolute atomic E-state index is 0.101. The normalized spacial score (nSPS) is 20.9. The molecule has 2 aliphatic rings. The Labute approximate surface area is 216 Å². The highest BCUT2D eigenvalue weighted by Crippen LogP contribution is 2.38. The second-order valence-corrected chi connectivity index (χ2v) is 11.0. The fourth-order valence-corrected chi connectivity index (χ4v) is 6.32. The van der Waals surface area contributed by atoms with Crippen LogP contribution in [-0.2, 0) is 11.8 Å². The van der Waals surface area contributed by atoms with Gasteiger partial charge in [0.2, 0.25) is 0 Å². The Morgan fingerprint density at radius 2 is 1.78 bits per heavy atom. The van der Waals surface area contributed by atoms with E-state index < -0.39 is 0 Å². The highest BCUT2D eigenvalue weighted by atomic mass is 16.1. The van der Waals surface area contributed by atoms with Gasteiger partial charge in [-0.05, 0) is 96.7 Å². The summed E-state index contributed by atoms with van der Waals surface area (Å²) in [6.45, 7) is 9.17. The van der Waals surface area contributed by atoms with Gasteiger partial charge in [-0.3, -0.25) is 14.3 Å². The van der Waals surface area contributed by atoms with E-state index in [9.17, 15) is 9.59 Å². The van der Waals surface area contributed by atoms with Gasteiger partial charge in [-0.1, -0.05) is 11.6 Å². The molecule has 36 heavy (non-hydrogen) atoms. The van der Waals surface area contributed by atoms with Gasteiger partial charge in [-0.15, -0.1) is 0 Å². The van der Waals surface area contributed by atoms with Crippen LogP contribution < -0.4 is 4.90 Å². The number of carbonyl (C=O) groups is 2. The van der Waals surface area contributed by atoms with Crippen LogP contribution in [0.15, 0.2) is 35.1 Å². The van der Waals surface area contributed by atoms with Crippen molar-refractivity contribution in [2.45, 2.75) is 84.7 Å². The summed E-state index contributed by atoms with van der Waals surface area (Å²) < 4.78 is 1.87. The number of anilines is 1. The second-order valence-electron chi connectivity index (χ2n) is 11.0. The fraction of sp³-hybridized carbons (Fsp3) is 0.567. The summed E-state index contributed by atoms with van der Waals surface area (Å²) in [5.41, 5.74) is 6.84. The van der Waals surface area contributed by atoms with Crippen LogP contribution in [0.1, 0.15) is 81.6 Å². The van der Waals surface area contributed by atoms with Gasteiger partial charge in [0.1, 0.15) is 0 Å². The monoisotopic (exact) mass is 490 g/mol. The van der Waals surface area contributed by atoms with E-state index in [4.69, 9.17) is 0 Å². The lowest BCUT2D eigenvalue weighted by Gasteiger charge is -2.40. The topological polar surface area (TPSA) is 58.4 Å². The number of rotatable bonds is 8. The maximum atomic E-state index is 13.6. The van der Waals surface area contributed by atoms with Gasteiger partial charge in [0.05, 0.1) is 17.4 Å². The Morgan fingerprint density at radius 1 is 1.11 bits per heavy atom. The van der Waals surface area contributed by atoms with Crippen LogP contribution in [-0.4, -0.2) is 59.0 Å². The molecular weight excluding hydrogens is 448 g/mol. The molecule has 0 radical (unpaired) electrons. The van der Waals surface area contributed by atoms with E-state index in [1.165, 1.54) is 12.8 Å². The SMILES string of the molecule is CCN(c1c(C)c(C(=O)CCC2=C(C)C=C(C)CC2=O)cc2c1cnn2C)C1CCC(N(C)C)CC1. The molecule has 0 spiro atoms. The number of hydrogen-bond acceptors (Lipinski definition) is 5. The van der Waals surface area contributed by atoms with Crippen molar-refractivity contribution in [2.24, 2.45) is 7.05 Å². The molecular formula is C30H42N4O2. The van der Waals surface area contributed by atoms with Crippen molar-refractivity contribution in [2.75, 3.05) is 25.5 Å². The van der Waals surface area contributed by atoms with E-state index in [2.05, 4.69) is 48.9 Å². The second kappa shape index (κ2) is 10.7. The van der Waals surface area contributed by atoms with Crippen LogP contribution in [0.4, 0.5) is 5.69 Å². The molecule has 0 amide bonds. The number of aromatic nitrogens is 2. The Hall–Kier alpha value is -2.73. The third-order valence-electron chi connectivity index (χ3n) is 8.36. The van der Waals surface area contributed by atoms with E-state index in [1.807, 2.05) is 37.8 Å². The zero-order valence-corrected chi connectivity index (χ0v) is 23.1. The third kappa shape index (κ3) is 5.06. The summed E-state index contributed by atoms with van der Waals surface area (Å²) >= 11 is 0. The predicted molar refractivity (Wildman–Crippen MR) is 148 cm³/mol. The summed E-state index contributed by atoms with van der Waals surface area (Å²) in [5.74, 6) is 0.258.